The normalized spacial score (nSPS) is 10.4. The van der Waals surface area contributed by atoms with Crippen molar-refractivity contribution in [2.75, 3.05) is 27.3 Å². The van der Waals surface area contributed by atoms with Gasteiger partial charge in [-0.3, -0.25) is 9.59 Å². The highest BCUT2D eigenvalue weighted by atomic mass is 16.5. The van der Waals surface area contributed by atoms with Gasteiger partial charge < -0.3 is 19.7 Å². The van der Waals surface area contributed by atoms with Gasteiger partial charge in [0.1, 0.15) is 11.5 Å². The third-order valence-corrected chi connectivity index (χ3v) is 4.51. The van der Waals surface area contributed by atoms with E-state index in [0.717, 1.165) is 22.1 Å². The number of ether oxygens (including phenoxy) is 2. The van der Waals surface area contributed by atoms with Crippen LogP contribution in [0.25, 0.3) is 10.8 Å². The molecule has 1 N–H and O–H groups in total. The zero-order valence-corrected chi connectivity index (χ0v) is 16.6. The number of benzene rings is 3. The highest BCUT2D eigenvalue weighted by Gasteiger charge is 2.12. The first kappa shape index (κ1) is 20.2. The third-order valence-electron chi connectivity index (χ3n) is 4.51. The Morgan fingerprint density at radius 1 is 0.931 bits per heavy atom. The lowest BCUT2D eigenvalue weighted by Gasteiger charge is -2.18. The smallest absolute Gasteiger partial charge is 0.258 e. The summed E-state index contributed by atoms with van der Waals surface area (Å²) in [5.41, 5.74) is 1.01. The van der Waals surface area contributed by atoms with Crippen molar-refractivity contribution in [1.29, 1.82) is 0 Å². The number of rotatable bonds is 8. The molecule has 0 saturated carbocycles. The van der Waals surface area contributed by atoms with E-state index in [1.165, 1.54) is 0 Å². The van der Waals surface area contributed by atoms with Crippen LogP contribution in [0.3, 0.4) is 0 Å². The van der Waals surface area contributed by atoms with Gasteiger partial charge in [-0.15, -0.1) is 0 Å². The molecule has 0 spiro atoms. The molecule has 0 aliphatic rings. The number of likely N-dealkylation sites (N-methyl/N-ethyl adjacent to an activating group) is 1. The van der Waals surface area contributed by atoms with Crippen molar-refractivity contribution >= 4 is 22.6 Å². The number of amides is 2. The quantitative estimate of drug-likeness (QED) is 0.640. The molecule has 0 aliphatic heterocycles. The second-order valence-corrected chi connectivity index (χ2v) is 6.68. The maximum absolute atomic E-state index is 12.3. The van der Waals surface area contributed by atoms with Crippen molar-refractivity contribution in [2.45, 2.75) is 6.54 Å². The topological polar surface area (TPSA) is 67.9 Å². The van der Waals surface area contributed by atoms with Crippen LogP contribution in [0.15, 0.2) is 66.7 Å². The van der Waals surface area contributed by atoms with Gasteiger partial charge in [0.2, 0.25) is 5.91 Å². The predicted octanol–water partition coefficient (Wildman–Crippen LogP) is 3.00. The summed E-state index contributed by atoms with van der Waals surface area (Å²) in [5, 5.41) is 4.75. The van der Waals surface area contributed by atoms with Gasteiger partial charge in [-0.05, 0) is 46.7 Å². The number of para-hydroxylation sites is 1. The van der Waals surface area contributed by atoms with Crippen molar-refractivity contribution in [3.8, 4) is 11.5 Å². The van der Waals surface area contributed by atoms with E-state index in [4.69, 9.17) is 9.47 Å². The monoisotopic (exact) mass is 392 g/mol. The fourth-order valence-electron chi connectivity index (χ4n) is 2.89. The molecule has 0 aromatic heterocycles. The Kier molecular flexibility index (Phi) is 6.68. The zero-order chi connectivity index (χ0) is 20.6. The van der Waals surface area contributed by atoms with E-state index in [9.17, 15) is 9.59 Å². The average Bonchev–Trinajstić information content (AvgIpc) is 2.76. The summed E-state index contributed by atoms with van der Waals surface area (Å²) in [6.45, 7) is 0.255. The zero-order valence-electron chi connectivity index (χ0n) is 16.6. The molecule has 0 aliphatic carbocycles. The van der Waals surface area contributed by atoms with Crippen LogP contribution in [-0.2, 0) is 16.1 Å². The molecule has 0 fully saturated rings. The number of nitrogens with one attached hydrogen (secondary N) is 1. The Morgan fingerprint density at radius 2 is 1.66 bits per heavy atom. The summed E-state index contributed by atoms with van der Waals surface area (Å²) < 4.78 is 10.6. The van der Waals surface area contributed by atoms with Crippen LogP contribution in [-0.4, -0.2) is 44.0 Å². The summed E-state index contributed by atoms with van der Waals surface area (Å²) >= 11 is 0. The van der Waals surface area contributed by atoms with Gasteiger partial charge in [0.05, 0.1) is 13.7 Å². The van der Waals surface area contributed by atoms with E-state index < -0.39 is 0 Å². The molecule has 0 heterocycles. The Labute approximate surface area is 170 Å². The molecule has 3 aromatic rings. The number of hydrogen-bond acceptors (Lipinski definition) is 4. The molecule has 0 unspecified atom stereocenters. The number of nitrogens with zero attached hydrogens (tertiary/aromatic N) is 1. The number of hydrogen-bond donors (Lipinski definition) is 1. The average molecular weight is 392 g/mol. The first-order valence-corrected chi connectivity index (χ1v) is 9.30. The summed E-state index contributed by atoms with van der Waals surface area (Å²) in [6.07, 6.45) is 0. The van der Waals surface area contributed by atoms with E-state index in [2.05, 4.69) is 5.32 Å². The SMILES string of the molecule is COc1ccc2cc(CN(C)C(=O)CNC(=O)COc3ccccc3)ccc2c1. The molecule has 6 heteroatoms. The van der Waals surface area contributed by atoms with Crippen molar-refractivity contribution in [3.05, 3.63) is 72.3 Å². The fourth-order valence-corrected chi connectivity index (χ4v) is 2.89. The lowest BCUT2D eigenvalue weighted by Crippen LogP contribution is -2.39. The van der Waals surface area contributed by atoms with E-state index in [1.807, 2.05) is 54.6 Å². The maximum Gasteiger partial charge on any atom is 0.258 e. The molecule has 0 saturated heterocycles. The summed E-state index contributed by atoms with van der Waals surface area (Å²) in [4.78, 5) is 25.8. The second-order valence-electron chi connectivity index (χ2n) is 6.68. The minimum absolute atomic E-state index is 0.0712. The Balaban J connectivity index is 1.48. The lowest BCUT2D eigenvalue weighted by atomic mass is 10.1. The van der Waals surface area contributed by atoms with Crippen molar-refractivity contribution in [1.82, 2.24) is 10.2 Å². The molecule has 6 nitrogen and oxygen atoms in total. The molecule has 2 amide bonds. The number of methoxy groups -OCH3 is 1. The second kappa shape index (κ2) is 9.59. The van der Waals surface area contributed by atoms with Gasteiger partial charge in [0, 0.05) is 13.6 Å². The van der Waals surface area contributed by atoms with Crippen molar-refractivity contribution in [2.24, 2.45) is 0 Å². The fraction of sp³-hybridized carbons (Fsp3) is 0.217. The standard InChI is InChI=1S/C23H24N2O4/c1-25(15-17-8-9-19-13-21(28-2)11-10-18(19)12-17)23(27)14-24-22(26)16-29-20-6-4-3-5-7-20/h3-13H,14-16H2,1-2H3,(H,24,26). The molecule has 150 valence electrons. The number of carbonyl (C=O) groups excluding carboxylic acids is 2. The minimum atomic E-state index is -0.338. The Bertz CT molecular complexity index is 989. The maximum atomic E-state index is 12.3. The number of carbonyl (C=O) groups is 2. The molecule has 0 radical (unpaired) electrons. The summed E-state index contributed by atoms with van der Waals surface area (Å²) in [7, 11) is 3.36. The van der Waals surface area contributed by atoms with Crippen LogP contribution in [0.5, 0.6) is 11.5 Å². The molecule has 0 atom stereocenters. The van der Waals surface area contributed by atoms with Gasteiger partial charge in [0.25, 0.3) is 5.91 Å². The van der Waals surface area contributed by atoms with E-state index in [0.29, 0.717) is 12.3 Å². The molecular weight excluding hydrogens is 368 g/mol. The van der Waals surface area contributed by atoms with Gasteiger partial charge in [0.15, 0.2) is 6.61 Å². The van der Waals surface area contributed by atoms with Crippen LogP contribution in [0.1, 0.15) is 5.56 Å². The van der Waals surface area contributed by atoms with Crippen LogP contribution in [0.2, 0.25) is 0 Å². The predicted molar refractivity (Wildman–Crippen MR) is 112 cm³/mol. The first-order chi connectivity index (χ1) is 14.0. The minimum Gasteiger partial charge on any atom is -0.497 e. The van der Waals surface area contributed by atoms with Gasteiger partial charge in [-0.1, -0.05) is 36.4 Å². The molecule has 3 aromatic carbocycles. The Hall–Kier alpha value is -3.54. The first-order valence-electron chi connectivity index (χ1n) is 9.30. The van der Waals surface area contributed by atoms with Crippen molar-refractivity contribution in [3.63, 3.8) is 0 Å². The molecule has 0 bridgehead atoms. The lowest BCUT2D eigenvalue weighted by molar-refractivity contribution is -0.132. The van der Waals surface area contributed by atoms with E-state index >= 15 is 0 Å². The Morgan fingerprint density at radius 3 is 2.41 bits per heavy atom. The van der Waals surface area contributed by atoms with Gasteiger partial charge >= 0.3 is 0 Å². The molecule has 29 heavy (non-hydrogen) atoms. The van der Waals surface area contributed by atoms with Crippen LogP contribution in [0.4, 0.5) is 0 Å². The third kappa shape index (κ3) is 5.72. The largest absolute Gasteiger partial charge is 0.497 e. The number of fused-ring (bicyclic) bond motifs is 1. The van der Waals surface area contributed by atoms with Gasteiger partial charge in [-0.2, -0.15) is 0 Å². The van der Waals surface area contributed by atoms with Crippen molar-refractivity contribution < 1.29 is 19.1 Å². The highest BCUT2D eigenvalue weighted by Crippen LogP contribution is 2.22. The summed E-state index contributed by atoms with van der Waals surface area (Å²) in [6, 6.07) is 21.0. The van der Waals surface area contributed by atoms with E-state index in [-0.39, 0.29) is 25.0 Å². The van der Waals surface area contributed by atoms with Crippen LogP contribution < -0.4 is 14.8 Å². The van der Waals surface area contributed by atoms with Crippen LogP contribution in [0, 0.1) is 0 Å². The van der Waals surface area contributed by atoms with E-state index in [1.54, 1.807) is 31.2 Å². The summed E-state index contributed by atoms with van der Waals surface area (Å²) in [5.74, 6) is 0.910. The molecular formula is C23H24N2O4. The van der Waals surface area contributed by atoms with Crippen LogP contribution >= 0.6 is 0 Å². The highest BCUT2D eigenvalue weighted by molar-refractivity contribution is 5.86. The molecule has 3 rings (SSSR count). The van der Waals surface area contributed by atoms with Gasteiger partial charge in [-0.25, -0.2) is 0 Å².